The van der Waals surface area contributed by atoms with Crippen LogP contribution >= 0.6 is 11.6 Å². The summed E-state index contributed by atoms with van der Waals surface area (Å²) in [7, 11) is 0. The SMILES string of the molecule is O=C1CC(c2nc(-c3ccc(OC(F)(F)F)cc3)no2)CN1c1ccccc1Cl. The number of nitrogens with zero attached hydrogens (tertiary/aromatic N) is 3. The van der Waals surface area contributed by atoms with Crippen molar-refractivity contribution in [1.82, 2.24) is 10.1 Å². The summed E-state index contributed by atoms with van der Waals surface area (Å²) in [6, 6.07) is 12.1. The van der Waals surface area contributed by atoms with Crippen molar-refractivity contribution in [2.45, 2.75) is 18.7 Å². The Morgan fingerprint density at radius 2 is 1.86 bits per heavy atom. The lowest BCUT2D eigenvalue weighted by Gasteiger charge is -2.17. The first kappa shape index (κ1) is 19.3. The van der Waals surface area contributed by atoms with Crippen molar-refractivity contribution >= 4 is 23.2 Å². The molecule has 1 aliphatic heterocycles. The monoisotopic (exact) mass is 423 g/mol. The summed E-state index contributed by atoms with van der Waals surface area (Å²) in [5.41, 5.74) is 1.07. The summed E-state index contributed by atoms with van der Waals surface area (Å²) in [5.74, 6) is -0.285. The molecule has 1 aromatic heterocycles. The Labute approximate surface area is 167 Å². The minimum absolute atomic E-state index is 0.114. The Morgan fingerprint density at radius 1 is 1.14 bits per heavy atom. The fourth-order valence-electron chi connectivity index (χ4n) is 3.10. The van der Waals surface area contributed by atoms with Gasteiger partial charge < -0.3 is 14.2 Å². The number of hydrogen-bond acceptors (Lipinski definition) is 5. The quantitative estimate of drug-likeness (QED) is 0.602. The van der Waals surface area contributed by atoms with Gasteiger partial charge in [0.2, 0.25) is 17.6 Å². The molecule has 1 atom stereocenters. The predicted octanol–water partition coefficient (Wildman–Crippen LogP) is 4.81. The molecule has 3 aromatic rings. The lowest BCUT2D eigenvalue weighted by molar-refractivity contribution is -0.274. The molecular formula is C19H13ClF3N3O3. The molecule has 2 heterocycles. The average molecular weight is 424 g/mol. The molecule has 4 rings (SSSR count). The van der Waals surface area contributed by atoms with Crippen LogP contribution in [0.4, 0.5) is 18.9 Å². The number of para-hydroxylation sites is 1. The molecule has 0 radical (unpaired) electrons. The summed E-state index contributed by atoms with van der Waals surface area (Å²) in [5, 5.41) is 4.34. The van der Waals surface area contributed by atoms with Crippen LogP contribution in [0, 0.1) is 0 Å². The smallest absolute Gasteiger partial charge is 0.406 e. The van der Waals surface area contributed by atoms with E-state index >= 15 is 0 Å². The van der Waals surface area contributed by atoms with Crippen molar-refractivity contribution in [2.24, 2.45) is 0 Å². The van der Waals surface area contributed by atoms with Gasteiger partial charge in [-0.1, -0.05) is 28.9 Å². The van der Waals surface area contributed by atoms with Gasteiger partial charge in [0.05, 0.1) is 16.6 Å². The molecule has 1 amide bonds. The lowest BCUT2D eigenvalue weighted by atomic mass is 10.1. The highest BCUT2D eigenvalue weighted by atomic mass is 35.5. The van der Waals surface area contributed by atoms with E-state index in [1.165, 1.54) is 12.1 Å². The molecule has 1 unspecified atom stereocenters. The summed E-state index contributed by atoms with van der Waals surface area (Å²) in [6.45, 7) is 0.336. The molecule has 10 heteroatoms. The molecule has 1 saturated heterocycles. The number of amides is 1. The molecule has 0 spiro atoms. The van der Waals surface area contributed by atoms with Gasteiger partial charge in [-0.05, 0) is 36.4 Å². The largest absolute Gasteiger partial charge is 0.573 e. The zero-order valence-corrected chi connectivity index (χ0v) is 15.4. The molecule has 0 saturated carbocycles. The second-order valence-electron chi connectivity index (χ2n) is 6.39. The third-order valence-electron chi connectivity index (χ3n) is 4.41. The van der Waals surface area contributed by atoms with E-state index in [1.807, 2.05) is 0 Å². The van der Waals surface area contributed by atoms with Crippen molar-refractivity contribution < 1.29 is 27.2 Å². The van der Waals surface area contributed by atoms with E-state index in [1.54, 1.807) is 29.2 Å². The van der Waals surface area contributed by atoms with Crippen molar-refractivity contribution in [3.63, 3.8) is 0 Å². The van der Waals surface area contributed by atoms with Gasteiger partial charge in [-0.3, -0.25) is 4.79 Å². The highest BCUT2D eigenvalue weighted by molar-refractivity contribution is 6.33. The van der Waals surface area contributed by atoms with Crippen LogP contribution in [0.15, 0.2) is 53.1 Å². The molecule has 0 bridgehead atoms. The maximum atomic E-state index is 12.4. The van der Waals surface area contributed by atoms with E-state index in [4.69, 9.17) is 16.1 Å². The predicted molar refractivity (Wildman–Crippen MR) is 97.6 cm³/mol. The van der Waals surface area contributed by atoms with Crippen LogP contribution in [0.25, 0.3) is 11.4 Å². The second kappa shape index (κ2) is 7.40. The van der Waals surface area contributed by atoms with E-state index in [0.717, 1.165) is 12.1 Å². The zero-order valence-electron chi connectivity index (χ0n) is 14.7. The van der Waals surface area contributed by atoms with Crippen LogP contribution in [-0.4, -0.2) is 29.0 Å². The molecule has 150 valence electrons. The first-order chi connectivity index (χ1) is 13.8. The Morgan fingerprint density at radius 3 is 2.55 bits per heavy atom. The van der Waals surface area contributed by atoms with Crippen LogP contribution in [0.2, 0.25) is 5.02 Å². The van der Waals surface area contributed by atoms with Gasteiger partial charge in [0.25, 0.3) is 0 Å². The second-order valence-corrected chi connectivity index (χ2v) is 6.79. The topological polar surface area (TPSA) is 68.5 Å². The molecule has 1 aliphatic rings. The Hall–Kier alpha value is -3.07. The number of aromatic nitrogens is 2. The summed E-state index contributed by atoms with van der Waals surface area (Å²) >= 11 is 6.17. The van der Waals surface area contributed by atoms with E-state index in [9.17, 15) is 18.0 Å². The third-order valence-corrected chi connectivity index (χ3v) is 4.72. The number of carbonyl (C=O) groups is 1. The maximum absolute atomic E-state index is 12.4. The van der Waals surface area contributed by atoms with Crippen molar-refractivity contribution in [3.05, 3.63) is 59.4 Å². The molecule has 0 aliphatic carbocycles. The zero-order chi connectivity index (χ0) is 20.6. The number of rotatable bonds is 4. The minimum Gasteiger partial charge on any atom is -0.406 e. The van der Waals surface area contributed by atoms with Gasteiger partial charge in [0.15, 0.2) is 0 Å². The average Bonchev–Trinajstić information content (AvgIpc) is 3.29. The van der Waals surface area contributed by atoms with Gasteiger partial charge in [0.1, 0.15) is 5.75 Å². The van der Waals surface area contributed by atoms with Crippen molar-refractivity contribution in [3.8, 4) is 17.1 Å². The van der Waals surface area contributed by atoms with Gasteiger partial charge in [-0.15, -0.1) is 13.2 Å². The fraction of sp³-hybridized carbons (Fsp3) is 0.211. The fourth-order valence-corrected chi connectivity index (χ4v) is 3.34. The van der Waals surface area contributed by atoms with Gasteiger partial charge in [-0.2, -0.15) is 4.98 Å². The summed E-state index contributed by atoms with van der Waals surface area (Å²) in [4.78, 5) is 18.3. The van der Waals surface area contributed by atoms with Crippen LogP contribution in [0.5, 0.6) is 5.75 Å². The molecule has 0 N–H and O–H groups in total. The van der Waals surface area contributed by atoms with Crippen molar-refractivity contribution in [2.75, 3.05) is 11.4 Å². The van der Waals surface area contributed by atoms with Gasteiger partial charge in [0, 0.05) is 18.5 Å². The summed E-state index contributed by atoms with van der Waals surface area (Å²) < 4.78 is 45.9. The van der Waals surface area contributed by atoms with E-state index in [2.05, 4.69) is 14.9 Å². The van der Waals surface area contributed by atoms with E-state index in [-0.39, 0.29) is 35.7 Å². The number of benzene rings is 2. The number of hydrogen-bond donors (Lipinski definition) is 0. The number of anilines is 1. The molecular weight excluding hydrogens is 411 g/mol. The number of carbonyl (C=O) groups excluding carboxylic acids is 1. The van der Waals surface area contributed by atoms with Gasteiger partial charge >= 0.3 is 6.36 Å². The van der Waals surface area contributed by atoms with E-state index in [0.29, 0.717) is 22.8 Å². The Kier molecular flexibility index (Phi) is 4.91. The molecule has 6 nitrogen and oxygen atoms in total. The highest BCUT2D eigenvalue weighted by Crippen LogP contribution is 2.35. The number of alkyl halides is 3. The molecule has 1 fully saturated rings. The Bertz CT molecular complexity index is 1040. The normalized spacial score (nSPS) is 17.0. The molecule has 29 heavy (non-hydrogen) atoms. The third kappa shape index (κ3) is 4.19. The van der Waals surface area contributed by atoms with Crippen LogP contribution in [-0.2, 0) is 4.79 Å². The first-order valence-electron chi connectivity index (χ1n) is 8.55. The summed E-state index contributed by atoms with van der Waals surface area (Å²) in [6.07, 6.45) is -4.57. The lowest BCUT2D eigenvalue weighted by Crippen LogP contribution is -2.24. The van der Waals surface area contributed by atoms with Crippen molar-refractivity contribution in [1.29, 1.82) is 0 Å². The highest BCUT2D eigenvalue weighted by Gasteiger charge is 2.36. The first-order valence-corrected chi connectivity index (χ1v) is 8.92. The Balaban J connectivity index is 1.50. The van der Waals surface area contributed by atoms with E-state index < -0.39 is 6.36 Å². The molecule has 2 aromatic carbocycles. The number of ether oxygens (including phenoxy) is 1. The number of halogens is 4. The van der Waals surface area contributed by atoms with Gasteiger partial charge in [-0.25, -0.2) is 0 Å². The maximum Gasteiger partial charge on any atom is 0.573 e. The standard InChI is InChI=1S/C19H13ClF3N3O3/c20-14-3-1-2-4-15(14)26-10-12(9-16(26)27)18-24-17(25-29-18)11-5-7-13(8-6-11)28-19(21,22)23/h1-8,12H,9-10H2. The minimum atomic E-state index is -4.76. The van der Waals surface area contributed by atoms with Crippen LogP contribution in [0.3, 0.4) is 0 Å². The van der Waals surface area contributed by atoms with Crippen LogP contribution < -0.4 is 9.64 Å². The van der Waals surface area contributed by atoms with Crippen LogP contribution in [0.1, 0.15) is 18.2 Å².